The van der Waals surface area contributed by atoms with Crippen LogP contribution in [0, 0.1) is 11.3 Å². The zero-order valence-corrected chi connectivity index (χ0v) is 11.8. The van der Waals surface area contributed by atoms with E-state index >= 15 is 0 Å². The van der Waals surface area contributed by atoms with E-state index in [4.69, 9.17) is 23.2 Å². The van der Waals surface area contributed by atoms with Crippen LogP contribution in [0.4, 0.5) is 0 Å². The smallest absolute Gasteiger partial charge is 0.198 e. The van der Waals surface area contributed by atoms with Crippen LogP contribution in [0.25, 0.3) is 0 Å². The standard InChI is InChI=1S/C12H11Cl2NO2S/c13-9-3-4-10(14)11(7-9)18(16,17)12(8-15)5-1-2-6-12/h3-4,7H,1-2,5-6H2. The van der Waals surface area contributed by atoms with Crippen LogP contribution in [-0.4, -0.2) is 13.2 Å². The van der Waals surface area contributed by atoms with E-state index in [0.29, 0.717) is 17.9 Å². The molecule has 0 radical (unpaired) electrons. The van der Waals surface area contributed by atoms with Crippen LogP contribution in [0.5, 0.6) is 0 Å². The van der Waals surface area contributed by atoms with E-state index in [-0.39, 0.29) is 9.92 Å². The lowest BCUT2D eigenvalue weighted by molar-refractivity contribution is 0.557. The number of nitrogens with zero attached hydrogens (tertiary/aromatic N) is 1. The van der Waals surface area contributed by atoms with Crippen molar-refractivity contribution in [1.29, 1.82) is 5.26 Å². The van der Waals surface area contributed by atoms with Crippen LogP contribution < -0.4 is 0 Å². The van der Waals surface area contributed by atoms with E-state index in [9.17, 15) is 13.7 Å². The first kappa shape index (κ1) is 13.7. The molecule has 1 aliphatic carbocycles. The fourth-order valence-corrected chi connectivity index (χ4v) is 4.91. The third-order valence-electron chi connectivity index (χ3n) is 3.31. The van der Waals surface area contributed by atoms with Gasteiger partial charge in [0.2, 0.25) is 0 Å². The third-order valence-corrected chi connectivity index (χ3v) is 6.43. The Morgan fingerprint density at radius 3 is 2.39 bits per heavy atom. The lowest BCUT2D eigenvalue weighted by atomic mass is 10.1. The van der Waals surface area contributed by atoms with Gasteiger partial charge in [-0.15, -0.1) is 0 Å². The highest BCUT2D eigenvalue weighted by atomic mass is 35.5. The van der Waals surface area contributed by atoms with E-state index in [1.807, 2.05) is 6.07 Å². The predicted octanol–water partition coefficient (Wildman–Crippen LogP) is 3.60. The van der Waals surface area contributed by atoms with Gasteiger partial charge in [-0.05, 0) is 31.0 Å². The van der Waals surface area contributed by atoms with Crippen LogP contribution in [0.1, 0.15) is 25.7 Å². The molecule has 0 bridgehead atoms. The van der Waals surface area contributed by atoms with E-state index in [1.54, 1.807) is 0 Å². The van der Waals surface area contributed by atoms with E-state index in [0.717, 1.165) is 12.8 Å². The summed E-state index contributed by atoms with van der Waals surface area (Å²) in [7, 11) is -3.78. The lowest BCUT2D eigenvalue weighted by Crippen LogP contribution is -2.34. The van der Waals surface area contributed by atoms with Crippen molar-refractivity contribution < 1.29 is 8.42 Å². The minimum atomic E-state index is -3.78. The monoisotopic (exact) mass is 303 g/mol. The molecule has 18 heavy (non-hydrogen) atoms. The molecule has 2 rings (SSSR count). The first-order valence-corrected chi connectivity index (χ1v) is 7.78. The Hall–Kier alpha value is -0.760. The summed E-state index contributed by atoms with van der Waals surface area (Å²) in [5, 5.41) is 9.68. The minimum Gasteiger partial charge on any atom is -0.222 e. The number of hydrogen-bond donors (Lipinski definition) is 0. The van der Waals surface area contributed by atoms with Crippen molar-refractivity contribution in [2.24, 2.45) is 0 Å². The van der Waals surface area contributed by atoms with Gasteiger partial charge in [-0.25, -0.2) is 8.42 Å². The van der Waals surface area contributed by atoms with Gasteiger partial charge in [0.1, 0.15) is 0 Å². The predicted molar refractivity (Wildman–Crippen MR) is 70.5 cm³/mol. The molecule has 0 N–H and O–H groups in total. The van der Waals surface area contributed by atoms with Crippen molar-refractivity contribution in [1.82, 2.24) is 0 Å². The molecule has 0 spiro atoms. The Morgan fingerprint density at radius 1 is 1.22 bits per heavy atom. The molecule has 1 aromatic rings. The minimum absolute atomic E-state index is 0.0416. The van der Waals surface area contributed by atoms with Crippen LogP contribution in [0.15, 0.2) is 23.1 Å². The van der Waals surface area contributed by atoms with Gasteiger partial charge >= 0.3 is 0 Å². The van der Waals surface area contributed by atoms with Crippen molar-refractivity contribution in [3.8, 4) is 6.07 Å². The lowest BCUT2D eigenvalue weighted by Gasteiger charge is -2.21. The maximum atomic E-state index is 12.6. The molecule has 0 saturated heterocycles. The molecule has 1 saturated carbocycles. The average Bonchev–Trinajstić information content (AvgIpc) is 2.82. The van der Waals surface area contributed by atoms with Gasteiger partial charge in [0.15, 0.2) is 14.6 Å². The van der Waals surface area contributed by atoms with Gasteiger partial charge in [0, 0.05) is 5.02 Å². The molecule has 0 atom stereocenters. The molecule has 96 valence electrons. The Balaban J connectivity index is 2.62. The highest BCUT2D eigenvalue weighted by Gasteiger charge is 2.48. The molecule has 3 nitrogen and oxygen atoms in total. The summed E-state index contributed by atoms with van der Waals surface area (Å²) in [5.74, 6) is 0. The number of hydrogen-bond acceptors (Lipinski definition) is 3. The largest absolute Gasteiger partial charge is 0.222 e. The molecular formula is C12H11Cl2NO2S. The Bertz CT molecular complexity index is 613. The van der Waals surface area contributed by atoms with Crippen molar-refractivity contribution in [3.05, 3.63) is 28.2 Å². The van der Waals surface area contributed by atoms with Crippen molar-refractivity contribution >= 4 is 33.0 Å². The summed E-state index contributed by atoms with van der Waals surface area (Å²) in [6.45, 7) is 0. The summed E-state index contributed by atoms with van der Waals surface area (Å²) in [6, 6.07) is 6.25. The van der Waals surface area contributed by atoms with Crippen LogP contribution >= 0.6 is 23.2 Å². The fourth-order valence-electron chi connectivity index (χ4n) is 2.28. The molecule has 0 aromatic heterocycles. The number of nitriles is 1. The van der Waals surface area contributed by atoms with Gasteiger partial charge in [0.25, 0.3) is 0 Å². The Morgan fingerprint density at radius 2 is 1.83 bits per heavy atom. The summed E-state index contributed by atoms with van der Waals surface area (Å²) in [4.78, 5) is -0.0416. The second-order valence-electron chi connectivity index (χ2n) is 4.39. The second kappa shape index (κ2) is 4.73. The van der Waals surface area contributed by atoms with Gasteiger partial charge < -0.3 is 0 Å². The maximum Gasteiger partial charge on any atom is 0.198 e. The Labute approximate surface area is 116 Å². The summed E-state index contributed by atoms with van der Waals surface area (Å²) in [6.07, 6.45) is 2.19. The molecule has 1 aromatic carbocycles. The summed E-state index contributed by atoms with van der Waals surface area (Å²) >= 11 is 11.7. The molecule has 6 heteroatoms. The molecule has 0 unspecified atom stereocenters. The van der Waals surface area contributed by atoms with Gasteiger partial charge in [0.05, 0.1) is 16.0 Å². The van der Waals surface area contributed by atoms with Gasteiger partial charge in [-0.3, -0.25) is 0 Å². The summed E-state index contributed by atoms with van der Waals surface area (Å²) in [5.41, 5.74) is 0. The van der Waals surface area contributed by atoms with Gasteiger partial charge in [-0.1, -0.05) is 36.0 Å². The first-order chi connectivity index (χ1) is 8.43. The third kappa shape index (κ3) is 2.01. The van der Waals surface area contributed by atoms with E-state index in [1.165, 1.54) is 18.2 Å². The number of halogens is 2. The van der Waals surface area contributed by atoms with Crippen LogP contribution in [-0.2, 0) is 9.84 Å². The Kier molecular flexibility index (Phi) is 3.59. The van der Waals surface area contributed by atoms with Gasteiger partial charge in [-0.2, -0.15) is 5.26 Å². The fraction of sp³-hybridized carbons (Fsp3) is 0.417. The van der Waals surface area contributed by atoms with Crippen LogP contribution in [0.2, 0.25) is 10.0 Å². The number of sulfone groups is 1. The molecule has 1 aliphatic rings. The first-order valence-electron chi connectivity index (χ1n) is 5.54. The topological polar surface area (TPSA) is 57.9 Å². The maximum absolute atomic E-state index is 12.6. The van der Waals surface area contributed by atoms with Crippen molar-refractivity contribution in [2.45, 2.75) is 35.3 Å². The van der Waals surface area contributed by atoms with Crippen LogP contribution in [0.3, 0.4) is 0 Å². The number of rotatable bonds is 2. The molecule has 0 heterocycles. The quantitative estimate of drug-likeness (QED) is 0.838. The highest BCUT2D eigenvalue weighted by molar-refractivity contribution is 7.93. The zero-order valence-electron chi connectivity index (χ0n) is 9.49. The highest BCUT2D eigenvalue weighted by Crippen LogP contribution is 2.42. The molecule has 1 fully saturated rings. The molecular weight excluding hydrogens is 293 g/mol. The normalized spacial score (nSPS) is 18.5. The summed E-state index contributed by atoms with van der Waals surface area (Å²) < 4.78 is 23.8. The SMILES string of the molecule is N#CC1(S(=O)(=O)c2cc(Cl)ccc2Cl)CCCC1. The molecule has 0 amide bonds. The number of benzene rings is 1. The zero-order chi connectivity index (χ0) is 13.4. The van der Waals surface area contributed by atoms with E-state index < -0.39 is 14.6 Å². The van der Waals surface area contributed by atoms with Crippen molar-refractivity contribution in [2.75, 3.05) is 0 Å². The van der Waals surface area contributed by atoms with E-state index in [2.05, 4.69) is 0 Å². The molecule has 0 aliphatic heterocycles. The average molecular weight is 304 g/mol. The second-order valence-corrected chi connectivity index (χ2v) is 7.46. The van der Waals surface area contributed by atoms with Crippen molar-refractivity contribution in [3.63, 3.8) is 0 Å².